The van der Waals surface area contributed by atoms with Gasteiger partial charge in [-0.15, -0.1) is 0 Å². The molecule has 0 aliphatic carbocycles. The molecule has 3 rings (SSSR count). The molecule has 0 unspecified atom stereocenters. The molecule has 0 spiro atoms. The van der Waals surface area contributed by atoms with Gasteiger partial charge in [0.05, 0.1) is 10.6 Å². The molecule has 1 aromatic carbocycles. The van der Waals surface area contributed by atoms with Gasteiger partial charge in [0.2, 0.25) is 5.78 Å². The number of carbonyl (C=O) groups is 1. The Balaban J connectivity index is 1.66. The van der Waals surface area contributed by atoms with Crippen molar-refractivity contribution in [3.63, 3.8) is 0 Å². The van der Waals surface area contributed by atoms with Crippen molar-refractivity contribution in [1.29, 1.82) is 0 Å². The smallest absolute Gasteiger partial charge is 0.312 e. The summed E-state index contributed by atoms with van der Waals surface area (Å²) < 4.78 is 12.6. The minimum absolute atomic E-state index is 0.00875. The van der Waals surface area contributed by atoms with Crippen molar-refractivity contribution in [3.8, 4) is 5.75 Å². The lowest BCUT2D eigenvalue weighted by atomic mass is 10.2. The molecule has 0 aliphatic rings. The molecule has 0 saturated heterocycles. The first-order valence-electron chi connectivity index (χ1n) is 8.22. The van der Waals surface area contributed by atoms with Crippen LogP contribution in [0.4, 0.5) is 5.69 Å². The number of rotatable bonds is 7. The van der Waals surface area contributed by atoms with Gasteiger partial charge in [-0.3, -0.25) is 19.6 Å². The van der Waals surface area contributed by atoms with E-state index in [4.69, 9.17) is 20.8 Å². The minimum Gasteiger partial charge on any atom is -0.479 e. The Kier molecular flexibility index (Phi) is 5.60. The number of hydrogen-bond donors (Lipinski definition) is 0. The summed E-state index contributed by atoms with van der Waals surface area (Å²) in [6.45, 7) is 1.80. The van der Waals surface area contributed by atoms with Gasteiger partial charge in [0.1, 0.15) is 23.8 Å². The van der Waals surface area contributed by atoms with Crippen molar-refractivity contribution in [3.05, 3.63) is 80.5 Å². The maximum Gasteiger partial charge on any atom is 0.312 e. The molecule has 0 aliphatic heterocycles. The first kappa shape index (κ1) is 19.4. The lowest BCUT2D eigenvalue weighted by Crippen LogP contribution is -2.03. The van der Waals surface area contributed by atoms with Crippen LogP contribution in [0.25, 0.3) is 6.08 Å². The second-order valence-corrected chi connectivity index (χ2v) is 6.39. The average Bonchev–Trinajstić information content (AvgIpc) is 3.24. The number of aryl methyl sites for hydroxylation is 2. The van der Waals surface area contributed by atoms with Crippen LogP contribution in [0, 0.1) is 17.0 Å². The summed E-state index contributed by atoms with van der Waals surface area (Å²) in [7, 11) is 1.70. The van der Waals surface area contributed by atoms with Crippen LogP contribution < -0.4 is 4.74 Å². The number of nitro groups is 1. The highest BCUT2D eigenvalue weighted by atomic mass is 35.5. The van der Waals surface area contributed by atoms with E-state index in [0.717, 1.165) is 5.69 Å². The Hall–Kier alpha value is -3.39. The normalized spacial score (nSPS) is 11.1. The number of allylic oxidation sites excluding steroid dienone is 1. The predicted octanol–water partition coefficient (Wildman–Crippen LogP) is 4.36. The predicted molar refractivity (Wildman–Crippen MR) is 102 cm³/mol. The summed E-state index contributed by atoms with van der Waals surface area (Å²) in [5.41, 5.74) is 1.00. The Morgan fingerprint density at radius 1 is 1.36 bits per heavy atom. The Morgan fingerprint density at radius 3 is 2.82 bits per heavy atom. The molecule has 0 fully saturated rings. The van der Waals surface area contributed by atoms with Crippen LogP contribution in [0.1, 0.15) is 27.7 Å². The molecule has 28 heavy (non-hydrogen) atoms. The van der Waals surface area contributed by atoms with Gasteiger partial charge in [-0.2, -0.15) is 5.10 Å². The summed E-state index contributed by atoms with van der Waals surface area (Å²) in [6, 6.07) is 9.20. The molecule has 2 heterocycles. The molecule has 8 nitrogen and oxygen atoms in total. The molecule has 2 aromatic heterocycles. The highest BCUT2D eigenvalue weighted by molar-refractivity contribution is 6.30. The Labute approximate surface area is 165 Å². The first-order valence-corrected chi connectivity index (χ1v) is 8.60. The summed E-state index contributed by atoms with van der Waals surface area (Å²) >= 11 is 5.78. The Morgan fingerprint density at radius 2 is 2.14 bits per heavy atom. The van der Waals surface area contributed by atoms with Crippen LogP contribution in [0.2, 0.25) is 5.02 Å². The second-order valence-electron chi connectivity index (χ2n) is 5.95. The zero-order chi connectivity index (χ0) is 20.3. The van der Waals surface area contributed by atoms with Gasteiger partial charge >= 0.3 is 5.69 Å². The van der Waals surface area contributed by atoms with Crippen molar-refractivity contribution in [1.82, 2.24) is 9.78 Å². The van der Waals surface area contributed by atoms with E-state index in [1.54, 1.807) is 31.3 Å². The van der Waals surface area contributed by atoms with E-state index in [-0.39, 0.29) is 28.8 Å². The van der Waals surface area contributed by atoms with Crippen LogP contribution in [0.15, 0.2) is 46.9 Å². The van der Waals surface area contributed by atoms with E-state index < -0.39 is 4.92 Å². The third-order valence-electron chi connectivity index (χ3n) is 3.82. The van der Waals surface area contributed by atoms with E-state index in [2.05, 4.69) is 5.10 Å². The highest BCUT2D eigenvalue weighted by Gasteiger charge is 2.16. The maximum absolute atomic E-state index is 12.2. The molecular formula is C19H16ClN3O5. The fourth-order valence-corrected chi connectivity index (χ4v) is 2.72. The lowest BCUT2D eigenvalue weighted by molar-refractivity contribution is -0.385. The summed E-state index contributed by atoms with van der Waals surface area (Å²) in [5.74, 6) is 0.794. The number of aromatic nitrogens is 2. The van der Waals surface area contributed by atoms with Crippen LogP contribution in [0.5, 0.6) is 5.75 Å². The standard InChI is InChI=1S/C19H16ClN3O5/c1-12-9-16(22(2)21-12)18(24)7-6-14-4-5-15(28-14)11-27-19-8-3-13(20)10-17(19)23(25)26/h3-10H,11H2,1-2H3/b7-6+. The number of ketones is 1. The minimum atomic E-state index is -0.566. The molecule has 0 atom stereocenters. The third kappa shape index (κ3) is 4.47. The van der Waals surface area contributed by atoms with E-state index >= 15 is 0 Å². The van der Waals surface area contributed by atoms with E-state index in [0.29, 0.717) is 17.2 Å². The van der Waals surface area contributed by atoms with Crippen molar-refractivity contribution < 1.29 is 18.9 Å². The maximum atomic E-state index is 12.2. The molecule has 144 valence electrons. The zero-order valence-corrected chi connectivity index (χ0v) is 15.8. The van der Waals surface area contributed by atoms with Crippen LogP contribution >= 0.6 is 11.6 Å². The molecule has 0 N–H and O–H groups in total. The molecule has 0 radical (unpaired) electrons. The van der Waals surface area contributed by atoms with Gasteiger partial charge in [0.15, 0.2) is 5.75 Å². The number of hydrogen-bond acceptors (Lipinski definition) is 6. The quantitative estimate of drug-likeness (QED) is 0.252. The van der Waals surface area contributed by atoms with Crippen LogP contribution in [-0.2, 0) is 13.7 Å². The number of nitro benzene ring substituents is 1. The van der Waals surface area contributed by atoms with Gasteiger partial charge in [0.25, 0.3) is 0 Å². The fourth-order valence-electron chi connectivity index (χ4n) is 2.55. The highest BCUT2D eigenvalue weighted by Crippen LogP contribution is 2.30. The molecule has 3 aromatic rings. The zero-order valence-electron chi connectivity index (χ0n) is 15.1. The van der Waals surface area contributed by atoms with Gasteiger partial charge in [0, 0.05) is 18.1 Å². The monoisotopic (exact) mass is 401 g/mol. The largest absolute Gasteiger partial charge is 0.479 e. The van der Waals surface area contributed by atoms with Crippen LogP contribution in [0.3, 0.4) is 0 Å². The third-order valence-corrected chi connectivity index (χ3v) is 4.06. The number of halogens is 1. The summed E-state index contributed by atoms with van der Waals surface area (Å²) in [6.07, 6.45) is 2.93. The molecule has 0 saturated carbocycles. The van der Waals surface area contributed by atoms with Crippen molar-refractivity contribution in [2.45, 2.75) is 13.5 Å². The molecule has 9 heteroatoms. The first-order chi connectivity index (χ1) is 13.3. The van der Waals surface area contributed by atoms with E-state index in [1.165, 1.54) is 29.0 Å². The number of ether oxygens (including phenoxy) is 1. The number of furan rings is 1. The molecular weight excluding hydrogens is 386 g/mol. The SMILES string of the molecule is Cc1cc(C(=O)/C=C/c2ccc(COc3ccc(Cl)cc3[N+](=O)[O-])o2)n(C)n1. The fraction of sp³-hybridized carbons (Fsp3) is 0.158. The van der Waals surface area contributed by atoms with Gasteiger partial charge < -0.3 is 9.15 Å². The molecule has 0 bridgehead atoms. The lowest BCUT2D eigenvalue weighted by Gasteiger charge is -2.05. The Bertz CT molecular complexity index is 1070. The number of nitrogens with zero attached hydrogens (tertiary/aromatic N) is 3. The van der Waals surface area contributed by atoms with Gasteiger partial charge in [-0.05, 0) is 49.4 Å². The molecule has 0 amide bonds. The average molecular weight is 402 g/mol. The number of carbonyl (C=O) groups excluding carboxylic acids is 1. The summed E-state index contributed by atoms with van der Waals surface area (Å²) in [5, 5.41) is 15.5. The van der Waals surface area contributed by atoms with E-state index in [9.17, 15) is 14.9 Å². The van der Waals surface area contributed by atoms with Crippen LogP contribution in [-0.4, -0.2) is 20.5 Å². The number of benzene rings is 1. The summed E-state index contributed by atoms with van der Waals surface area (Å²) in [4.78, 5) is 22.7. The van der Waals surface area contributed by atoms with Crippen molar-refractivity contribution in [2.75, 3.05) is 0 Å². The van der Waals surface area contributed by atoms with Crippen molar-refractivity contribution in [2.24, 2.45) is 7.05 Å². The van der Waals surface area contributed by atoms with Gasteiger partial charge in [-0.1, -0.05) is 11.6 Å². The van der Waals surface area contributed by atoms with Gasteiger partial charge in [-0.25, -0.2) is 0 Å². The second kappa shape index (κ2) is 8.10. The van der Waals surface area contributed by atoms with Crippen molar-refractivity contribution >= 4 is 29.1 Å². The topological polar surface area (TPSA) is 100 Å². The van der Waals surface area contributed by atoms with E-state index in [1.807, 2.05) is 6.92 Å².